The molecule has 1 saturated heterocycles. The van der Waals surface area contributed by atoms with E-state index in [1.807, 2.05) is 55.1 Å². The second-order valence-corrected chi connectivity index (χ2v) is 7.10. The van der Waals surface area contributed by atoms with Crippen LogP contribution in [0.3, 0.4) is 0 Å². The summed E-state index contributed by atoms with van der Waals surface area (Å²) in [4.78, 5) is 22.7. The van der Waals surface area contributed by atoms with E-state index in [9.17, 15) is 4.79 Å². The van der Waals surface area contributed by atoms with Crippen LogP contribution in [0.5, 0.6) is 0 Å². The highest BCUT2D eigenvalue weighted by Crippen LogP contribution is 2.28. The third-order valence-electron chi connectivity index (χ3n) is 5.29. The molecule has 1 aromatic heterocycles. The number of aryl methyl sites for hydroxylation is 2. The molecule has 0 radical (unpaired) electrons. The molecule has 1 fully saturated rings. The number of piperidine rings is 1. The highest BCUT2D eigenvalue weighted by Gasteiger charge is 2.26. The van der Waals surface area contributed by atoms with E-state index >= 15 is 0 Å². The van der Waals surface area contributed by atoms with Crippen LogP contribution >= 0.6 is 0 Å². The quantitative estimate of drug-likeness (QED) is 0.711. The minimum Gasteiger partial charge on any atom is -0.342 e. The molecule has 5 heteroatoms. The normalized spacial score (nSPS) is 15.4. The Hall–Kier alpha value is -2.82. The van der Waals surface area contributed by atoms with Crippen LogP contribution in [0.25, 0.3) is 11.0 Å². The van der Waals surface area contributed by atoms with Gasteiger partial charge in [-0.05, 0) is 49.9 Å². The van der Waals surface area contributed by atoms with Crippen molar-refractivity contribution in [3.8, 4) is 0 Å². The largest absolute Gasteiger partial charge is 0.342 e. The number of hydrogen-bond acceptors (Lipinski definition) is 2. The van der Waals surface area contributed by atoms with E-state index in [1.165, 1.54) is 0 Å². The molecule has 4 rings (SSSR count). The molecule has 0 unspecified atom stereocenters. The van der Waals surface area contributed by atoms with Gasteiger partial charge in [-0.1, -0.05) is 30.3 Å². The molecule has 2 heterocycles. The van der Waals surface area contributed by atoms with Gasteiger partial charge in [0.1, 0.15) is 5.82 Å². The zero-order valence-corrected chi connectivity index (χ0v) is 15.2. The van der Waals surface area contributed by atoms with E-state index in [0.717, 1.165) is 59.6 Å². The van der Waals surface area contributed by atoms with Crippen molar-refractivity contribution >= 4 is 22.8 Å². The van der Waals surface area contributed by atoms with Crippen molar-refractivity contribution in [2.45, 2.75) is 32.6 Å². The topological polar surface area (TPSA) is 61.0 Å². The number of nitrogens with one attached hydrogen (secondary N) is 2. The Labute approximate surface area is 153 Å². The number of nitrogens with zero attached hydrogens (tertiary/aromatic N) is 2. The summed E-state index contributed by atoms with van der Waals surface area (Å²) in [5, 5.41) is 3.09. The van der Waals surface area contributed by atoms with Gasteiger partial charge in [0.25, 0.3) is 0 Å². The van der Waals surface area contributed by atoms with Crippen molar-refractivity contribution in [3.05, 3.63) is 59.4 Å². The van der Waals surface area contributed by atoms with E-state index in [4.69, 9.17) is 4.98 Å². The predicted octanol–water partition coefficient (Wildman–Crippen LogP) is 4.59. The fraction of sp³-hybridized carbons (Fsp3) is 0.333. The second kappa shape index (κ2) is 6.83. The van der Waals surface area contributed by atoms with Gasteiger partial charge in [0.2, 0.25) is 0 Å². The molecule has 26 heavy (non-hydrogen) atoms. The number of imidazole rings is 1. The Balaban J connectivity index is 1.40. The number of likely N-dealkylation sites (tertiary alicyclic amines) is 1. The Bertz CT molecular complexity index is 885. The van der Waals surface area contributed by atoms with Gasteiger partial charge in [0, 0.05) is 24.7 Å². The number of aromatic amines is 1. The van der Waals surface area contributed by atoms with Crippen molar-refractivity contribution in [2.24, 2.45) is 0 Å². The van der Waals surface area contributed by atoms with Gasteiger partial charge in [-0.3, -0.25) is 0 Å². The van der Waals surface area contributed by atoms with Crippen LogP contribution in [0, 0.1) is 13.8 Å². The zero-order chi connectivity index (χ0) is 18.1. The van der Waals surface area contributed by atoms with Crippen molar-refractivity contribution in [1.29, 1.82) is 0 Å². The van der Waals surface area contributed by atoms with E-state index in [0.29, 0.717) is 5.92 Å². The Morgan fingerprint density at radius 1 is 1.08 bits per heavy atom. The molecule has 0 spiro atoms. The highest BCUT2D eigenvalue weighted by atomic mass is 16.2. The summed E-state index contributed by atoms with van der Waals surface area (Å²) in [6, 6.07) is 14.2. The third kappa shape index (κ3) is 3.17. The monoisotopic (exact) mass is 348 g/mol. The average Bonchev–Trinajstić information content (AvgIpc) is 3.09. The standard InChI is InChI=1S/C21H24N4O/c1-14-6-5-7-15(2)19(14)24-21(26)25-12-10-16(11-13-25)20-22-17-8-3-4-9-18(17)23-20/h3-9,16H,10-13H2,1-2H3,(H,22,23)(H,24,26). The van der Waals surface area contributed by atoms with Gasteiger partial charge in [0.15, 0.2) is 0 Å². The van der Waals surface area contributed by atoms with Gasteiger partial charge in [-0.2, -0.15) is 0 Å². The van der Waals surface area contributed by atoms with Gasteiger partial charge < -0.3 is 15.2 Å². The van der Waals surface area contributed by atoms with Gasteiger partial charge >= 0.3 is 6.03 Å². The number of aromatic nitrogens is 2. The first-order valence-corrected chi connectivity index (χ1v) is 9.18. The molecular weight excluding hydrogens is 324 g/mol. The van der Waals surface area contributed by atoms with Crippen molar-refractivity contribution in [2.75, 3.05) is 18.4 Å². The predicted molar refractivity (Wildman–Crippen MR) is 105 cm³/mol. The number of rotatable bonds is 2. The molecule has 3 aromatic rings. The summed E-state index contributed by atoms with van der Waals surface area (Å²) in [5.74, 6) is 1.42. The first kappa shape index (κ1) is 16.6. The van der Waals surface area contributed by atoms with Crippen molar-refractivity contribution in [3.63, 3.8) is 0 Å². The molecular formula is C21H24N4O. The Morgan fingerprint density at radius 3 is 2.46 bits per heavy atom. The lowest BCUT2D eigenvalue weighted by atomic mass is 9.96. The first-order chi connectivity index (χ1) is 12.6. The van der Waals surface area contributed by atoms with Crippen molar-refractivity contribution in [1.82, 2.24) is 14.9 Å². The van der Waals surface area contributed by atoms with E-state index in [1.54, 1.807) is 0 Å². The lowest BCUT2D eigenvalue weighted by Gasteiger charge is -2.31. The number of amides is 2. The van der Waals surface area contributed by atoms with Crippen LogP contribution in [-0.4, -0.2) is 34.0 Å². The summed E-state index contributed by atoms with van der Waals surface area (Å²) in [5.41, 5.74) is 5.21. The molecule has 0 aliphatic carbocycles. The number of urea groups is 1. The number of anilines is 1. The molecule has 1 aliphatic heterocycles. The molecule has 2 N–H and O–H groups in total. The number of hydrogen-bond donors (Lipinski definition) is 2. The van der Waals surface area contributed by atoms with Crippen LogP contribution < -0.4 is 5.32 Å². The molecule has 2 aromatic carbocycles. The lowest BCUT2D eigenvalue weighted by Crippen LogP contribution is -2.40. The van der Waals surface area contributed by atoms with Crippen LogP contribution in [0.15, 0.2) is 42.5 Å². The number of carbonyl (C=O) groups is 1. The number of fused-ring (bicyclic) bond motifs is 1. The minimum absolute atomic E-state index is 0.00884. The molecule has 0 bridgehead atoms. The van der Waals surface area contributed by atoms with Crippen LogP contribution in [0.1, 0.15) is 35.7 Å². The zero-order valence-electron chi connectivity index (χ0n) is 15.2. The summed E-state index contributed by atoms with van der Waals surface area (Å²) < 4.78 is 0. The molecule has 2 amide bonds. The maximum Gasteiger partial charge on any atom is 0.321 e. The van der Waals surface area contributed by atoms with Crippen LogP contribution in [-0.2, 0) is 0 Å². The molecule has 0 atom stereocenters. The fourth-order valence-electron chi connectivity index (χ4n) is 3.72. The maximum atomic E-state index is 12.6. The fourth-order valence-corrected chi connectivity index (χ4v) is 3.72. The van der Waals surface area contributed by atoms with Crippen LogP contribution in [0.2, 0.25) is 0 Å². The molecule has 1 aliphatic rings. The summed E-state index contributed by atoms with van der Waals surface area (Å²) in [6.07, 6.45) is 1.86. The van der Waals surface area contributed by atoms with Crippen molar-refractivity contribution < 1.29 is 4.79 Å². The molecule has 134 valence electrons. The number of para-hydroxylation sites is 3. The van der Waals surface area contributed by atoms with E-state index < -0.39 is 0 Å². The Kier molecular flexibility index (Phi) is 4.37. The summed E-state index contributed by atoms with van der Waals surface area (Å²) >= 11 is 0. The first-order valence-electron chi connectivity index (χ1n) is 9.18. The van der Waals surface area contributed by atoms with Gasteiger partial charge in [-0.15, -0.1) is 0 Å². The van der Waals surface area contributed by atoms with E-state index in [2.05, 4.69) is 16.4 Å². The SMILES string of the molecule is Cc1cccc(C)c1NC(=O)N1CCC(c2nc3ccccc3[nH]2)CC1. The molecule has 0 saturated carbocycles. The molecule has 5 nitrogen and oxygen atoms in total. The number of H-pyrrole nitrogens is 1. The highest BCUT2D eigenvalue weighted by molar-refractivity contribution is 5.91. The van der Waals surface area contributed by atoms with Gasteiger partial charge in [0.05, 0.1) is 11.0 Å². The minimum atomic E-state index is -0.00884. The lowest BCUT2D eigenvalue weighted by molar-refractivity contribution is 0.193. The van der Waals surface area contributed by atoms with Crippen LogP contribution in [0.4, 0.5) is 10.5 Å². The second-order valence-electron chi connectivity index (χ2n) is 7.10. The Morgan fingerprint density at radius 2 is 1.77 bits per heavy atom. The number of benzene rings is 2. The summed E-state index contributed by atoms with van der Waals surface area (Å²) in [6.45, 7) is 5.55. The maximum absolute atomic E-state index is 12.6. The van der Waals surface area contributed by atoms with Gasteiger partial charge in [-0.25, -0.2) is 9.78 Å². The number of carbonyl (C=O) groups excluding carboxylic acids is 1. The smallest absolute Gasteiger partial charge is 0.321 e. The third-order valence-corrected chi connectivity index (χ3v) is 5.29. The van der Waals surface area contributed by atoms with E-state index in [-0.39, 0.29) is 6.03 Å². The average molecular weight is 348 g/mol. The summed E-state index contributed by atoms with van der Waals surface area (Å²) in [7, 11) is 0.